The molecule has 1 saturated heterocycles. The van der Waals surface area contributed by atoms with E-state index in [0.29, 0.717) is 11.5 Å². The van der Waals surface area contributed by atoms with Gasteiger partial charge in [-0.15, -0.1) is 0 Å². The van der Waals surface area contributed by atoms with Crippen LogP contribution in [0.1, 0.15) is 18.4 Å². The molecule has 22 heavy (non-hydrogen) atoms. The highest BCUT2D eigenvalue weighted by Gasteiger charge is 2.26. The first kappa shape index (κ1) is 14.0. The summed E-state index contributed by atoms with van der Waals surface area (Å²) in [4.78, 5) is 22.4. The van der Waals surface area contributed by atoms with Gasteiger partial charge in [0.2, 0.25) is 11.9 Å². The smallest absolute Gasteiger partial charge is 0.229 e. The average molecular weight is 297 g/mol. The maximum absolute atomic E-state index is 12.1. The van der Waals surface area contributed by atoms with Crippen molar-refractivity contribution >= 4 is 17.7 Å². The fourth-order valence-corrected chi connectivity index (χ4v) is 2.49. The van der Waals surface area contributed by atoms with Crippen LogP contribution < -0.4 is 10.2 Å². The van der Waals surface area contributed by atoms with Crippen molar-refractivity contribution in [3.05, 3.63) is 30.2 Å². The zero-order valence-electron chi connectivity index (χ0n) is 11.9. The van der Waals surface area contributed by atoms with Gasteiger partial charge in [0.15, 0.2) is 0 Å². The number of aromatic amines is 1. The number of nitriles is 1. The van der Waals surface area contributed by atoms with E-state index in [1.165, 1.54) is 6.33 Å². The van der Waals surface area contributed by atoms with Crippen molar-refractivity contribution in [3.63, 3.8) is 0 Å². The number of hydrogen-bond donors (Lipinski definition) is 2. The molecule has 1 amide bonds. The van der Waals surface area contributed by atoms with E-state index in [1.807, 2.05) is 6.07 Å². The third-order valence-electron chi connectivity index (χ3n) is 3.72. The molecule has 0 aliphatic carbocycles. The molecule has 0 bridgehead atoms. The van der Waals surface area contributed by atoms with Crippen LogP contribution in [0, 0.1) is 17.2 Å². The summed E-state index contributed by atoms with van der Waals surface area (Å²) in [7, 11) is 0. The van der Waals surface area contributed by atoms with E-state index >= 15 is 0 Å². The zero-order valence-corrected chi connectivity index (χ0v) is 11.9. The van der Waals surface area contributed by atoms with Gasteiger partial charge in [0.1, 0.15) is 18.2 Å². The van der Waals surface area contributed by atoms with Crippen LogP contribution in [0.15, 0.2) is 24.7 Å². The maximum atomic E-state index is 12.1. The number of pyridine rings is 1. The highest BCUT2D eigenvalue weighted by Crippen LogP contribution is 2.22. The molecule has 112 valence electrons. The fraction of sp³-hybridized carbons (Fsp3) is 0.357. The Morgan fingerprint density at radius 3 is 2.77 bits per heavy atom. The molecular weight excluding hydrogens is 282 g/mol. The molecule has 3 heterocycles. The summed E-state index contributed by atoms with van der Waals surface area (Å²) in [5.41, 5.74) is 0.546. The molecule has 2 aromatic rings. The van der Waals surface area contributed by atoms with E-state index in [1.54, 1.807) is 12.3 Å². The molecular formula is C14H15N7O. The van der Waals surface area contributed by atoms with E-state index in [2.05, 4.69) is 36.5 Å². The maximum Gasteiger partial charge on any atom is 0.229 e. The predicted octanol–water partition coefficient (Wildman–Crippen LogP) is 0.926. The molecule has 1 aliphatic rings. The van der Waals surface area contributed by atoms with Crippen molar-refractivity contribution in [2.75, 3.05) is 23.3 Å². The Kier molecular flexibility index (Phi) is 3.96. The Balaban J connectivity index is 1.55. The molecule has 0 radical (unpaired) electrons. The molecule has 8 nitrogen and oxygen atoms in total. The van der Waals surface area contributed by atoms with Crippen LogP contribution in [0.5, 0.6) is 0 Å². The van der Waals surface area contributed by atoms with E-state index in [0.717, 1.165) is 31.7 Å². The summed E-state index contributed by atoms with van der Waals surface area (Å²) in [6.07, 6.45) is 4.43. The normalized spacial score (nSPS) is 15.3. The lowest BCUT2D eigenvalue weighted by atomic mass is 9.96. The lowest BCUT2D eigenvalue weighted by molar-refractivity contribution is -0.120. The molecule has 0 spiro atoms. The molecule has 1 aliphatic heterocycles. The van der Waals surface area contributed by atoms with E-state index < -0.39 is 0 Å². The number of nitrogens with one attached hydrogen (secondary N) is 2. The molecule has 0 unspecified atom stereocenters. The molecule has 0 aromatic carbocycles. The summed E-state index contributed by atoms with van der Waals surface area (Å²) < 4.78 is 0. The number of nitrogens with zero attached hydrogens (tertiary/aromatic N) is 5. The van der Waals surface area contributed by atoms with Gasteiger partial charge in [-0.3, -0.25) is 10.1 Å². The second-order valence-corrected chi connectivity index (χ2v) is 5.10. The summed E-state index contributed by atoms with van der Waals surface area (Å²) in [5, 5.41) is 17.8. The summed E-state index contributed by atoms with van der Waals surface area (Å²) in [5.74, 6) is 1.14. The molecule has 3 rings (SSSR count). The van der Waals surface area contributed by atoms with Crippen LogP contribution >= 0.6 is 0 Å². The first-order chi connectivity index (χ1) is 10.8. The number of piperidine rings is 1. The van der Waals surface area contributed by atoms with Crippen LogP contribution in [-0.4, -0.2) is 39.2 Å². The monoisotopic (exact) mass is 297 g/mol. The number of rotatable bonds is 3. The van der Waals surface area contributed by atoms with Gasteiger partial charge in [0.05, 0.1) is 5.56 Å². The number of hydrogen-bond acceptors (Lipinski definition) is 6. The second-order valence-electron chi connectivity index (χ2n) is 5.10. The molecule has 0 atom stereocenters. The van der Waals surface area contributed by atoms with E-state index in [9.17, 15) is 4.79 Å². The Morgan fingerprint density at radius 1 is 1.36 bits per heavy atom. The van der Waals surface area contributed by atoms with Crippen molar-refractivity contribution in [3.8, 4) is 6.07 Å². The quantitative estimate of drug-likeness (QED) is 0.871. The first-order valence-corrected chi connectivity index (χ1v) is 7.03. The number of anilines is 2. The zero-order chi connectivity index (χ0) is 15.4. The fourth-order valence-electron chi connectivity index (χ4n) is 2.49. The predicted molar refractivity (Wildman–Crippen MR) is 78.9 cm³/mol. The minimum Gasteiger partial charge on any atom is -0.357 e. The Labute approximate surface area is 127 Å². The number of carbonyl (C=O) groups excluding carboxylic acids is 1. The van der Waals surface area contributed by atoms with Gasteiger partial charge < -0.3 is 4.90 Å². The standard InChI is InChI=1S/C14H15N7O/c15-7-10-1-2-12(16-8-10)21-5-3-11(4-6-21)13(22)19-14-17-9-18-20-14/h1-2,8-9,11H,3-6H2,(H2,17,18,19,20,22). The number of H-pyrrole nitrogens is 1. The van der Waals surface area contributed by atoms with Gasteiger partial charge in [0, 0.05) is 25.2 Å². The van der Waals surface area contributed by atoms with Crippen LogP contribution in [0.3, 0.4) is 0 Å². The van der Waals surface area contributed by atoms with Crippen molar-refractivity contribution in [2.24, 2.45) is 5.92 Å². The van der Waals surface area contributed by atoms with Gasteiger partial charge in [-0.05, 0) is 25.0 Å². The van der Waals surface area contributed by atoms with Crippen molar-refractivity contribution < 1.29 is 4.79 Å². The first-order valence-electron chi connectivity index (χ1n) is 7.03. The van der Waals surface area contributed by atoms with Gasteiger partial charge in [-0.25, -0.2) is 10.1 Å². The van der Waals surface area contributed by atoms with E-state index in [4.69, 9.17) is 5.26 Å². The Hall–Kier alpha value is -2.95. The highest BCUT2D eigenvalue weighted by molar-refractivity contribution is 5.91. The summed E-state index contributed by atoms with van der Waals surface area (Å²) in [6.45, 7) is 1.51. The third kappa shape index (κ3) is 3.03. The third-order valence-corrected chi connectivity index (χ3v) is 3.72. The minimum absolute atomic E-state index is 0.0378. The average Bonchev–Trinajstić information content (AvgIpc) is 3.08. The lowest BCUT2D eigenvalue weighted by Gasteiger charge is -2.31. The van der Waals surface area contributed by atoms with Crippen molar-refractivity contribution in [2.45, 2.75) is 12.8 Å². The largest absolute Gasteiger partial charge is 0.357 e. The molecule has 8 heteroatoms. The number of amides is 1. The van der Waals surface area contributed by atoms with Crippen molar-refractivity contribution in [1.29, 1.82) is 5.26 Å². The molecule has 1 fully saturated rings. The van der Waals surface area contributed by atoms with Gasteiger partial charge >= 0.3 is 0 Å². The second kappa shape index (κ2) is 6.22. The van der Waals surface area contributed by atoms with Gasteiger partial charge in [0.25, 0.3) is 0 Å². The lowest BCUT2D eigenvalue weighted by Crippen LogP contribution is -2.38. The minimum atomic E-state index is -0.0419. The highest BCUT2D eigenvalue weighted by atomic mass is 16.2. The molecule has 2 N–H and O–H groups in total. The Morgan fingerprint density at radius 2 is 2.18 bits per heavy atom. The van der Waals surface area contributed by atoms with Crippen LogP contribution in [0.2, 0.25) is 0 Å². The topological polar surface area (TPSA) is 111 Å². The molecule has 0 saturated carbocycles. The Bertz CT molecular complexity index is 666. The van der Waals surface area contributed by atoms with Gasteiger partial charge in [-0.1, -0.05) is 0 Å². The number of aromatic nitrogens is 4. The number of carbonyl (C=O) groups is 1. The SMILES string of the molecule is N#Cc1ccc(N2CCC(C(=O)Nc3ncn[nH]3)CC2)nc1. The van der Waals surface area contributed by atoms with Crippen LogP contribution in [0.25, 0.3) is 0 Å². The van der Waals surface area contributed by atoms with Gasteiger partial charge in [-0.2, -0.15) is 15.3 Å². The summed E-state index contributed by atoms with van der Waals surface area (Å²) >= 11 is 0. The van der Waals surface area contributed by atoms with Crippen molar-refractivity contribution in [1.82, 2.24) is 20.2 Å². The molecule has 2 aromatic heterocycles. The summed E-state index contributed by atoms with van der Waals surface area (Å²) in [6, 6.07) is 5.65. The van der Waals surface area contributed by atoms with E-state index in [-0.39, 0.29) is 11.8 Å². The van der Waals surface area contributed by atoms with Crippen LogP contribution in [0.4, 0.5) is 11.8 Å². The van der Waals surface area contributed by atoms with Crippen LogP contribution in [-0.2, 0) is 4.79 Å².